The van der Waals surface area contributed by atoms with Crippen molar-refractivity contribution in [1.29, 1.82) is 0 Å². The largest absolute Gasteiger partial charge is 0.456 e. The van der Waals surface area contributed by atoms with Crippen molar-refractivity contribution < 1.29 is 23.9 Å². The van der Waals surface area contributed by atoms with Gasteiger partial charge in [-0.3, -0.25) is 19.3 Å². The molecule has 4 aromatic carbocycles. The Hall–Kier alpha value is -3.68. The summed E-state index contributed by atoms with van der Waals surface area (Å²) >= 11 is 27.2. The van der Waals surface area contributed by atoms with Crippen LogP contribution in [0.4, 0.5) is 0 Å². The Morgan fingerprint density at radius 3 is 1.71 bits per heavy atom. The van der Waals surface area contributed by atoms with Gasteiger partial charge in [0, 0.05) is 17.0 Å². The van der Waals surface area contributed by atoms with Gasteiger partial charge in [-0.15, -0.1) is 23.2 Å². The van der Waals surface area contributed by atoms with Crippen LogP contribution in [0.25, 0.3) is 0 Å². The van der Waals surface area contributed by atoms with Crippen molar-refractivity contribution in [3.63, 3.8) is 0 Å². The molecule has 4 aromatic rings. The molecule has 0 spiro atoms. The van der Waals surface area contributed by atoms with E-state index in [1.54, 1.807) is 24.3 Å². The summed E-state index contributed by atoms with van der Waals surface area (Å²) in [6.45, 7) is -0.662. The first-order valence-electron chi connectivity index (χ1n) is 14.2. The molecule has 4 aliphatic rings. The molecule has 8 rings (SSSR count). The molecule has 10 heteroatoms. The van der Waals surface area contributed by atoms with Crippen LogP contribution in [0.2, 0.25) is 10.0 Å². The predicted octanol–water partition coefficient (Wildman–Crippen LogP) is 6.92. The number of carbonyl (C=O) groups is 4. The van der Waals surface area contributed by atoms with Gasteiger partial charge in [-0.25, -0.2) is 4.79 Å². The molecule has 226 valence electrons. The predicted molar refractivity (Wildman–Crippen MR) is 171 cm³/mol. The van der Waals surface area contributed by atoms with Crippen LogP contribution in [0.3, 0.4) is 0 Å². The molecule has 2 amide bonds. The van der Waals surface area contributed by atoms with Gasteiger partial charge < -0.3 is 4.74 Å². The van der Waals surface area contributed by atoms with Gasteiger partial charge in [0.1, 0.15) is 15.8 Å². The van der Waals surface area contributed by atoms with Crippen LogP contribution in [0.15, 0.2) is 97.1 Å². The molecule has 1 aliphatic heterocycles. The molecule has 1 heterocycles. The van der Waals surface area contributed by atoms with Crippen molar-refractivity contribution in [2.24, 2.45) is 11.8 Å². The van der Waals surface area contributed by atoms with Gasteiger partial charge in [0.15, 0.2) is 6.61 Å². The number of ketones is 1. The van der Waals surface area contributed by atoms with E-state index in [9.17, 15) is 19.2 Å². The fraction of sp³-hybridized carbons (Fsp3) is 0.200. The Labute approximate surface area is 278 Å². The molecular weight excluding hydrogens is 656 g/mol. The number of likely N-dealkylation sites (tertiary alicyclic amines) is 1. The fourth-order valence-electron chi connectivity index (χ4n) is 7.14. The first-order valence-corrected chi connectivity index (χ1v) is 15.7. The molecule has 3 atom stereocenters. The second-order valence-electron chi connectivity index (χ2n) is 11.4. The first kappa shape index (κ1) is 30.0. The summed E-state index contributed by atoms with van der Waals surface area (Å²) in [6, 6.07) is 26.5. The maximum absolute atomic E-state index is 14.5. The number of hydrogen-bond acceptors (Lipinski definition) is 5. The van der Waals surface area contributed by atoms with Crippen molar-refractivity contribution in [3.8, 4) is 0 Å². The Morgan fingerprint density at radius 1 is 0.733 bits per heavy atom. The van der Waals surface area contributed by atoms with Gasteiger partial charge in [-0.2, -0.15) is 0 Å². The van der Waals surface area contributed by atoms with Crippen LogP contribution < -0.4 is 0 Å². The molecule has 2 bridgehead atoms. The van der Waals surface area contributed by atoms with Crippen LogP contribution in [-0.2, 0) is 35.3 Å². The highest BCUT2D eigenvalue weighted by atomic mass is 35.5. The number of Topliss-reactive ketones (excluding diaryl/α,β-unsaturated/α-hetero) is 1. The Bertz CT molecular complexity index is 1790. The number of halogens is 4. The maximum Gasteiger partial charge on any atom is 0.330 e. The Balaban J connectivity index is 1.28. The van der Waals surface area contributed by atoms with Gasteiger partial charge in [0.25, 0.3) is 0 Å². The van der Waals surface area contributed by atoms with E-state index in [-0.39, 0.29) is 17.0 Å². The number of imide groups is 1. The van der Waals surface area contributed by atoms with Crippen LogP contribution in [-0.4, -0.2) is 41.1 Å². The van der Waals surface area contributed by atoms with E-state index in [1.165, 1.54) is 18.2 Å². The van der Waals surface area contributed by atoms with E-state index in [0.717, 1.165) is 4.90 Å². The van der Waals surface area contributed by atoms with Crippen molar-refractivity contribution >= 4 is 70.0 Å². The van der Waals surface area contributed by atoms with Gasteiger partial charge in [-0.05, 0) is 46.0 Å². The van der Waals surface area contributed by atoms with Crippen LogP contribution >= 0.6 is 46.4 Å². The number of amides is 2. The van der Waals surface area contributed by atoms with E-state index in [2.05, 4.69) is 0 Å². The van der Waals surface area contributed by atoms with Gasteiger partial charge >= 0.3 is 5.97 Å². The average Bonchev–Trinajstić information content (AvgIpc) is 3.32. The van der Waals surface area contributed by atoms with E-state index < -0.39 is 57.8 Å². The van der Waals surface area contributed by atoms with Gasteiger partial charge in [-0.1, -0.05) is 102 Å². The lowest BCUT2D eigenvalue weighted by Crippen LogP contribution is -2.57. The number of rotatable bonds is 7. The highest BCUT2D eigenvalue weighted by Gasteiger charge is 2.73. The summed E-state index contributed by atoms with van der Waals surface area (Å²) in [5, 5.41) is 0.448. The zero-order valence-electron chi connectivity index (χ0n) is 23.4. The first-order chi connectivity index (χ1) is 21.6. The summed E-state index contributed by atoms with van der Waals surface area (Å²) in [6.07, 6.45) is -0.0447. The number of ether oxygens (including phenoxy) is 1. The molecule has 3 aliphatic carbocycles. The monoisotopic (exact) mass is 677 g/mol. The number of nitrogens with zero attached hydrogens (tertiary/aromatic N) is 1. The molecule has 0 radical (unpaired) electrons. The van der Waals surface area contributed by atoms with E-state index >= 15 is 0 Å². The Kier molecular flexibility index (Phi) is 7.33. The number of hydrogen-bond donors (Lipinski definition) is 0. The topological polar surface area (TPSA) is 80.8 Å². The second-order valence-corrected chi connectivity index (χ2v) is 13.4. The van der Waals surface area contributed by atoms with Gasteiger partial charge in [0.2, 0.25) is 17.6 Å². The molecule has 1 saturated heterocycles. The van der Waals surface area contributed by atoms with Crippen molar-refractivity contribution in [2.45, 2.75) is 22.2 Å². The number of benzene rings is 4. The summed E-state index contributed by atoms with van der Waals surface area (Å²) in [7, 11) is 0. The van der Waals surface area contributed by atoms with Gasteiger partial charge in [0.05, 0.1) is 16.9 Å². The lowest BCUT2D eigenvalue weighted by atomic mass is 9.54. The van der Waals surface area contributed by atoms with Crippen molar-refractivity contribution in [3.05, 3.63) is 140 Å². The lowest BCUT2D eigenvalue weighted by Gasteiger charge is -2.54. The summed E-state index contributed by atoms with van der Waals surface area (Å²) < 4.78 is 5.49. The molecule has 1 fully saturated rings. The number of carbonyl (C=O) groups excluding carboxylic acids is 4. The smallest absolute Gasteiger partial charge is 0.330 e. The SMILES string of the molecule is O=C(COC(=O)[C@H](Cc1ccccc1)N1C(=O)[C@@H]2[C@H](C1=O)C1(Cl)c3ccccc3C2(Cl)c2ccccc21)c1ccc(Cl)cc1Cl. The molecule has 0 unspecified atom stereocenters. The summed E-state index contributed by atoms with van der Waals surface area (Å²) in [4.78, 5) is 54.0. The molecule has 0 saturated carbocycles. The lowest BCUT2D eigenvalue weighted by molar-refractivity contribution is -0.158. The quantitative estimate of drug-likeness (QED) is 0.0917. The minimum absolute atomic E-state index is 0.0447. The molecule has 0 aromatic heterocycles. The third kappa shape index (κ3) is 4.38. The fourth-order valence-corrected chi connectivity index (χ4v) is 8.75. The van der Waals surface area contributed by atoms with Crippen molar-refractivity contribution in [2.75, 3.05) is 6.61 Å². The summed E-state index contributed by atoms with van der Waals surface area (Å²) in [5.41, 5.74) is 3.40. The van der Waals surface area contributed by atoms with Crippen LogP contribution in [0, 0.1) is 11.8 Å². The highest BCUT2D eigenvalue weighted by Crippen LogP contribution is 2.69. The Morgan fingerprint density at radius 2 is 1.22 bits per heavy atom. The van der Waals surface area contributed by atoms with Crippen LogP contribution in [0.1, 0.15) is 38.2 Å². The van der Waals surface area contributed by atoms with E-state index in [4.69, 9.17) is 51.1 Å². The van der Waals surface area contributed by atoms with E-state index in [1.807, 2.05) is 54.6 Å². The normalized spacial score (nSPS) is 24.9. The third-order valence-electron chi connectivity index (χ3n) is 9.05. The second kappa shape index (κ2) is 11.0. The van der Waals surface area contributed by atoms with Crippen LogP contribution in [0.5, 0.6) is 0 Å². The average molecular weight is 679 g/mol. The molecule has 45 heavy (non-hydrogen) atoms. The van der Waals surface area contributed by atoms with E-state index in [0.29, 0.717) is 32.8 Å². The zero-order valence-corrected chi connectivity index (χ0v) is 26.4. The molecule has 6 nitrogen and oxygen atoms in total. The standard InChI is InChI=1S/C35H23Cl4NO5/c36-20-14-15-21(26(37)17-20)28(41)18-45-33(44)27(16-19-8-2-1-3-9-19)40-31(42)29-30(32(40)43)35(39)23-11-5-4-10-22(23)34(29,38)24-12-6-7-13-25(24)35/h1-15,17,27,29-30H,16,18H2/t27-,29-,30+,34?,35?/m0/s1. The van der Waals surface area contributed by atoms with Crippen molar-refractivity contribution in [1.82, 2.24) is 4.90 Å². The minimum Gasteiger partial charge on any atom is -0.456 e. The highest BCUT2D eigenvalue weighted by molar-refractivity contribution is 6.37. The minimum atomic E-state index is -1.40. The summed E-state index contributed by atoms with van der Waals surface area (Å²) in [5.74, 6) is -4.92. The zero-order chi connectivity index (χ0) is 31.7. The molecular formula is C35H23Cl4NO5. The number of esters is 1. The number of alkyl halides is 2. The third-order valence-corrected chi connectivity index (χ3v) is 10.9. The molecule has 0 N–H and O–H groups in total. The maximum atomic E-state index is 14.5.